The lowest BCUT2D eigenvalue weighted by molar-refractivity contribution is 0.0690. The Hall–Kier alpha value is -2.79. The summed E-state index contributed by atoms with van der Waals surface area (Å²) in [5, 5.41) is 23.2. The molecule has 5 N–H and O–H groups in total. The molecule has 1 aliphatic rings. The van der Waals surface area contributed by atoms with E-state index >= 15 is 0 Å². The largest absolute Gasteiger partial charge is 0.476 e. The van der Waals surface area contributed by atoms with Gasteiger partial charge in [0.05, 0.1) is 10.6 Å². The van der Waals surface area contributed by atoms with Crippen LogP contribution in [0.3, 0.4) is 0 Å². The fraction of sp³-hybridized carbons (Fsp3) is 0.412. The number of carboxylic acids is 1. The van der Waals surface area contributed by atoms with E-state index in [1.165, 1.54) is 24.4 Å². The van der Waals surface area contributed by atoms with Crippen molar-refractivity contribution in [1.82, 2.24) is 15.2 Å². The summed E-state index contributed by atoms with van der Waals surface area (Å²) in [5.74, 6) is -0.561. The fourth-order valence-corrected chi connectivity index (χ4v) is 3.62. The highest BCUT2D eigenvalue weighted by Gasteiger charge is 2.23. The number of sulfone groups is 1. The lowest BCUT2D eigenvalue weighted by Crippen LogP contribution is -2.42. The molecule has 0 amide bonds. The Balaban J connectivity index is 1.84. The van der Waals surface area contributed by atoms with Crippen LogP contribution in [0.1, 0.15) is 36.2 Å². The number of hydrogen-bond acceptors (Lipinski definition) is 9. The van der Waals surface area contributed by atoms with Gasteiger partial charge in [0.25, 0.3) is 0 Å². The van der Waals surface area contributed by atoms with Crippen LogP contribution in [0.5, 0.6) is 0 Å². The van der Waals surface area contributed by atoms with Crippen molar-refractivity contribution in [2.24, 2.45) is 5.73 Å². The van der Waals surface area contributed by atoms with Gasteiger partial charge in [0.2, 0.25) is 0 Å². The fourth-order valence-electron chi connectivity index (χ4n) is 3.06. The Kier molecular flexibility index (Phi) is 5.75. The molecule has 28 heavy (non-hydrogen) atoms. The Morgan fingerprint density at radius 2 is 1.96 bits per heavy atom. The highest BCUT2D eigenvalue weighted by molar-refractivity contribution is 7.90. The van der Waals surface area contributed by atoms with Crippen LogP contribution in [-0.4, -0.2) is 53.0 Å². The first-order chi connectivity index (χ1) is 13.2. The maximum atomic E-state index is 11.5. The minimum absolute atomic E-state index is 0.00341. The zero-order valence-corrected chi connectivity index (χ0v) is 16.1. The molecule has 0 saturated heterocycles. The van der Waals surface area contributed by atoms with Crippen LogP contribution in [0.15, 0.2) is 29.3 Å². The monoisotopic (exact) mass is 406 g/mol. The maximum Gasteiger partial charge on any atom is 0.358 e. The van der Waals surface area contributed by atoms with E-state index in [-0.39, 0.29) is 34.2 Å². The van der Waals surface area contributed by atoms with E-state index in [2.05, 4.69) is 25.8 Å². The van der Waals surface area contributed by atoms with Crippen molar-refractivity contribution in [3.63, 3.8) is 0 Å². The molecule has 0 bridgehead atoms. The Bertz CT molecular complexity index is 964. The van der Waals surface area contributed by atoms with Crippen LogP contribution in [0, 0.1) is 0 Å². The topological polar surface area (TPSA) is 160 Å². The zero-order valence-electron chi connectivity index (χ0n) is 15.3. The SMILES string of the molecule is CS(=O)(=O)c1ccc(Nc2cc(N[C@@H]3CCCC[C@@H]3N)nnc2C(=O)O)nc1. The number of carboxylic acid groups (broad SMARTS) is 1. The van der Waals surface area contributed by atoms with Gasteiger partial charge in [-0.15, -0.1) is 10.2 Å². The van der Waals surface area contributed by atoms with Crippen LogP contribution in [0.4, 0.5) is 17.3 Å². The van der Waals surface area contributed by atoms with Crippen LogP contribution in [0.25, 0.3) is 0 Å². The van der Waals surface area contributed by atoms with Gasteiger partial charge in [0, 0.05) is 30.6 Å². The number of rotatable bonds is 6. The van der Waals surface area contributed by atoms with E-state index in [9.17, 15) is 18.3 Å². The van der Waals surface area contributed by atoms with Crippen LogP contribution >= 0.6 is 0 Å². The van der Waals surface area contributed by atoms with Gasteiger partial charge in [-0.3, -0.25) is 0 Å². The molecule has 0 spiro atoms. The van der Waals surface area contributed by atoms with Gasteiger partial charge in [-0.2, -0.15) is 0 Å². The smallest absolute Gasteiger partial charge is 0.358 e. The molecule has 2 atom stereocenters. The zero-order chi connectivity index (χ0) is 20.3. The first-order valence-electron chi connectivity index (χ1n) is 8.80. The summed E-state index contributed by atoms with van der Waals surface area (Å²) in [6.45, 7) is 0. The molecule has 0 aromatic carbocycles. The minimum Gasteiger partial charge on any atom is -0.476 e. The number of anilines is 3. The van der Waals surface area contributed by atoms with Gasteiger partial charge in [-0.1, -0.05) is 12.8 Å². The van der Waals surface area contributed by atoms with Crippen molar-refractivity contribution in [1.29, 1.82) is 0 Å². The van der Waals surface area contributed by atoms with Gasteiger partial charge in [0.15, 0.2) is 21.3 Å². The first kappa shape index (κ1) is 20.0. The van der Waals surface area contributed by atoms with Crippen LogP contribution < -0.4 is 16.4 Å². The van der Waals surface area contributed by atoms with Gasteiger partial charge in [0.1, 0.15) is 5.82 Å². The number of nitrogens with one attached hydrogen (secondary N) is 2. The van der Waals surface area contributed by atoms with E-state index < -0.39 is 15.8 Å². The van der Waals surface area contributed by atoms with Gasteiger partial charge < -0.3 is 21.5 Å². The average molecular weight is 406 g/mol. The summed E-state index contributed by atoms with van der Waals surface area (Å²) in [7, 11) is -3.37. The summed E-state index contributed by atoms with van der Waals surface area (Å²) in [6.07, 6.45) is 6.26. The van der Waals surface area contributed by atoms with E-state index in [1.54, 1.807) is 0 Å². The molecule has 2 aromatic heterocycles. The van der Waals surface area contributed by atoms with Gasteiger partial charge >= 0.3 is 5.97 Å². The summed E-state index contributed by atoms with van der Waals surface area (Å²) in [6, 6.07) is 4.41. The molecule has 1 fully saturated rings. The number of pyridine rings is 1. The molecule has 2 aromatic rings. The lowest BCUT2D eigenvalue weighted by Gasteiger charge is -2.29. The molecule has 3 rings (SSSR count). The Morgan fingerprint density at radius 1 is 1.21 bits per heavy atom. The predicted octanol–water partition coefficient (Wildman–Crippen LogP) is 1.40. The van der Waals surface area contributed by atoms with Crippen molar-refractivity contribution in [2.45, 2.75) is 42.7 Å². The molecular formula is C17H22N6O4S. The molecule has 150 valence electrons. The number of carbonyl (C=O) groups is 1. The van der Waals surface area contributed by atoms with E-state index in [0.717, 1.165) is 31.9 Å². The normalized spacial score (nSPS) is 19.8. The van der Waals surface area contributed by atoms with Crippen molar-refractivity contribution >= 4 is 33.1 Å². The molecular weight excluding hydrogens is 384 g/mol. The molecule has 0 aliphatic heterocycles. The first-order valence-corrected chi connectivity index (χ1v) is 10.7. The standard InChI is InChI=1S/C17H22N6O4S/c1-28(26,27)10-6-7-14(19-9-10)21-13-8-15(22-23-16(13)17(24)25)20-12-5-3-2-4-11(12)18/h6-9,11-12H,2-5,18H2,1H3,(H,24,25)(H2,19,20,21,22)/t11-,12+/m0/s1. The third-order valence-electron chi connectivity index (χ3n) is 4.58. The van der Waals surface area contributed by atoms with Crippen molar-refractivity contribution < 1.29 is 18.3 Å². The van der Waals surface area contributed by atoms with Crippen molar-refractivity contribution in [2.75, 3.05) is 16.9 Å². The average Bonchev–Trinajstić information content (AvgIpc) is 2.63. The highest BCUT2D eigenvalue weighted by Crippen LogP contribution is 2.24. The summed E-state index contributed by atoms with van der Waals surface area (Å²) < 4.78 is 23.1. The summed E-state index contributed by atoms with van der Waals surface area (Å²) in [5.41, 5.74) is 6.05. The molecule has 11 heteroatoms. The Morgan fingerprint density at radius 3 is 2.57 bits per heavy atom. The highest BCUT2D eigenvalue weighted by atomic mass is 32.2. The van der Waals surface area contributed by atoms with E-state index in [1.807, 2.05) is 0 Å². The second-order valence-corrected chi connectivity index (χ2v) is 8.79. The number of aromatic nitrogens is 3. The van der Waals surface area contributed by atoms with Crippen molar-refractivity contribution in [3.05, 3.63) is 30.1 Å². The van der Waals surface area contributed by atoms with E-state index in [4.69, 9.17) is 5.73 Å². The summed E-state index contributed by atoms with van der Waals surface area (Å²) >= 11 is 0. The predicted molar refractivity (Wildman–Crippen MR) is 103 cm³/mol. The third kappa shape index (κ3) is 4.73. The molecule has 2 heterocycles. The lowest BCUT2D eigenvalue weighted by atomic mass is 9.91. The number of nitrogens with two attached hydrogens (primary N) is 1. The number of nitrogens with zero attached hydrogens (tertiary/aromatic N) is 3. The number of aromatic carboxylic acids is 1. The van der Waals surface area contributed by atoms with Gasteiger partial charge in [-0.25, -0.2) is 18.2 Å². The second kappa shape index (κ2) is 8.07. The van der Waals surface area contributed by atoms with E-state index in [0.29, 0.717) is 5.82 Å². The Labute approximate surface area is 162 Å². The molecule has 10 nitrogen and oxygen atoms in total. The molecule has 0 radical (unpaired) electrons. The number of hydrogen-bond donors (Lipinski definition) is 4. The van der Waals surface area contributed by atoms with Crippen LogP contribution in [-0.2, 0) is 9.84 Å². The molecule has 1 saturated carbocycles. The summed E-state index contributed by atoms with van der Waals surface area (Å²) in [4.78, 5) is 15.6. The van der Waals surface area contributed by atoms with Crippen molar-refractivity contribution in [3.8, 4) is 0 Å². The van der Waals surface area contributed by atoms with Crippen LogP contribution in [0.2, 0.25) is 0 Å². The third-order valence-corrected chi connectivity index (χ3v) is 5.67. The maximum absolute atomic E-state index is 11.5. The second-order valence-electron chi connectivity index (χ2n) is 6.77. The minimum atomic E-state index is -3.37. The van der Waals surface area contributed by atoms with Gasteiger partial charge in [-0.05, 0) is 25.0 Å². The molecule has 0 unspecified atom stereocenters. The molecule has 1 aliphatic carbocycles. The quantitative estimate of drug-likeness (QED) is 0.552.